The van der Waals surface area contributed by atoms with Gasteiger partial charge in [0.1, 0.15) is 23.2 Å². The van der Waals surface area contributed by atoms with Gasteiger partial charge in [0, 0.05) is 19.2 Å². The summed E-state index contributed by atoms with van der Waals surface area (Å²) < 4.78 is 13.6. The van der Waals surface area contributed by atoms with Crippen LogP contribution in [0.25, 0.3) is 0 Å². The molecule has 5 nitrogen and oxygen atoms in total. The van der Waals surface area contributed by atoms with E-state index in [2.05, 4.69) is 32.7 Å². The van der Waals surface area contributed by atoms with Crippen LogP contribution in [0.15, 0.2) is 60.7 Å². The van der Waals surface area contributed by atoms with Crippen LogP contribution in [0.4, 0.5) is 10.2 Å². The molecule has 0 bridgehead atoms. The smallest absolute Gasteiger partial charge is 0.270 e. The molecule has 0 radical (unpaired) electrons. The van der Waals surface area contributed by atoms with Crippen molar-refractivity contribution in [3.05, 3.63) is 89.1 Å². The predicted molar refractivity (Wildman–Crippen MR) is 108 cm³/mol. The molecule has 28 heavy (non-hydrogen) atoms. The molecule has 2 N–H and O–H groups in total. The molecule has 2 aromatic carbocycles. The van der Waals surface area contributed by atoms with E-state index in [0.29, 0.717) is 42.4 Å². The quantitative estimate of drug-likeness (QED) is 0.629. The fraction of sp³-hybridized carbons (Fsp3) is 0.227. The zero-order chi connectivity index (χ0) is 19.8. The molecule has 0 aliphatic heterocycles. The molecule has 0 aliphatic carbocycles. The summed E-state index contributed by atoms with van der Waals surface area (Å²) in [6, 6.07) is 18.3. The Morgan fingerprint density at radius 3 is 2.50 bits per heavy atom. The maximum Gasteiger partial charge on any atom is 0.270 e. The number of rotatable bonds is 8. The molecule has 0 saturated carbocycles. The van der Waals surface area contributed by atoms with E-state index in [-0.39, 0.29) is 11.7 Å². The van der Waals surface area contributed by atoms with Gasteiger partial charge in [0.25, 0.3) is 5.91 Å². The van der Waals surface area contributed by atoms with Crippen LogP contribution in [0, 0.1) is 12.7 Å². The Morgan fingerprint density at radius 2 is 1.71 bits per heavy atom. The van der Waals surface area contributed by atoms with Crippen LogP contribution in [-0.2, 0) is 12.8 Å². The molecule has 0 spiro atoms. The number of benzene rings is 2. The van der Waals surface area contributed by atoms with Crippen LogP contribution in [-0.4, -0.2) is 29.0 Å². The van der Waals surface area contributed by atoms with E-state index in [0.717, 1.165) is 6.42 Å². The molecule has 6 heteroatoms. The van der Waals surface area contributed by atoms with Gasteiger partial charge in [-0.25, -0.2) is 14.4 Å². The summed E-state index contributed by atoms with van der Waals surface area (Å²) in [5.41, 5.74) is 2.10. The molecule has 3 aromatic rings. The molecule has 0 atom stereocenters. The highest BCUT2D eigenvalue weighted by Crippen LogP contribution is 2.09. The van der Waals surface area contributed by atoms with Gasteiger partial charge in [0.2, 0.25) is 0 Å². The van der Waals surface area contributed by atoms with Crippen molar-refractivity contribution in [2.24, 2.45) is 0 Å². The molecule has 3 rings (SSSR count). The van der Waals surface area contributed by atoms with Gasteiger partial charge >= 0.3 is 0 Å². The van der Waals surface area contributed by atoms with E-state index < -0.39 is 0 Å². The summed E-state index contributed by atoms with van der Waals surface area (Å²) in [6.07, 6.45) is 1.28. The van der Waals surface area contributed by atoms with E-state index in [4.69, 9.17) is 0 Å². The second-order valence-electron chi connectivity index (χ2n) is 6.45. The van der Waals surface area contributed by atoms with E-state index in [1.165, 1.54) is 11.6 Å². The number of aryl methyl sites for hydroxylation is 1. The average Bonchev–Trinajstić information content (AvgIpc) is 2.70. The molecule has 1 amide bonds. The van der Waals surface area contributed by atoms with Crippen molar-refractivity contribution < 1.29 is 9.18 Å². The van der Waals surface area contributed by atoms with Gasteiger partial charge in [-0.05, 0) is 37.0 Å². The number of halogens is 1. The van der Waals surface area contributed by atoms with Crippen molar-refractivity contribution in [1.82, 2.24) is 15.3 Å². The number of aromatic nitrogens is 2. The number of hydrogen-bond donors (Lipinski definition) is 2. The first kappa shape index (κ1) is 19.5. The summed E-state index contributed by atoms with van der Waals surface area (Å²) in [7, 11) is 0. The number of carbonyl (C=O) groups excluding carboxylic acids is 1. The minimum absolute atomic E-state index is 0.264. The Labute approximate surface area is 164 Å². The van der Waals surface area contributed by atoms with Crippen LogP contribution in [0.3, 0.4) is 0 Å². The first-order valence-corrected chi connectivity index (χ1v) is 9.27. The highest BCUT2D eigenvalue weighted by Gasteiger charge is 2.10. The fourth-order valence-electron chi connectivity index (χ4n) is 2.86. The first-order chi connectivity index (χ1) is 13.6. The van der Waals surface area contributed by atoms with E-state index in [9.17, 15) is 9.18 Å². The van der Waals surface area contributed by atoms with Crippen LogP contribution in [0.2, 0.25) is 0 Å². The Kier molecular flexibility index (Phi) is 6.68. The normalized spacial score (nSPS) is 10.5. The summed E-state index contributed by atoms with van der Waals surface area (Å²) >= 11 is 0. The lowest BCUT2D eigenvalue weighted by molar-refractivity contribution is 0.0948. The van der Waals surface area contributed by atoms with Gasteiger partial charge in [-0.3, -0.25) is 4.79 Å². The zero-order valence-electron chi connectivity index (χ0n) is 15.8. The number of hydrogen-bond acceptors (Lipinski definition) is 4. The highest BCUT2D eigenvalue weighted by atomic mass is 19.1. The van der Waals surface area contributed by atoms with Crippen LogP contribution >= 0.6 is 0 Å². The predicted octanol–water partition coefficient (Wildman–Crippen LogP) is 3.55. The van der Waals surface area contributed by atoms with Crippen molar-refractivity contribution in [3.63, 3.8) is 0 Å². The molecule has 0 fully saturated rings. The number of nitrogens with zero attached hydrogens (tertiary/aromatic N) is 2. The van der Waals surface area contributed by atoms with Crippen LogP contribution in [0.5, 0.6) is 0 Å². The minimum Gasteiger partial charge on any atom is -0.370 e. The van der Waals surface area contributed by atoms with Crippen molar-refractivity contribution >= 4 is 11.7 Å². The standard InChI is InChI=1S/C22H23FN4O/c1-16-26-20(22(28)25-14-12-18-9-5-6-10-19(18)23)15-21(27-16)24-13-11-17-7-3-2-4-8-17/h2-10,15H,11-14H2,1H3,(H,25,28)(H,24,26,27). The average molecular weight is 378 g/mol. The Hall–Kier alpha value is -3.28. The number of carbonyl (C=O) groups is 1. The summed E-state index contributed by atoms with van der Waals surface area (Å²) in [4.78, 5) is 20.9. The number of amides is 1. The molecular weight excluding hydrogens is 355 g/mol. The lowest BCUT2D eigenvalue weighted by Crippen LogP contribution is -2.27. The fourth-order valence-corrected chi connectivity index (χ4v) is 2.86. The van der Waals surface area contributed by atoms with Crippen LogP contribution < -0.4 is 10.6 Å². The van der Waals surface area contributed by atoms with Gasteiger partial charge in [0.15, 0.2) is 0 Å². The topological polar surface area (TPSA) is 66.9 Å². The molecule has 0 aliphatic rings. The summed E-state index contributed by atoms with van der Waals surface area (Å²) in [5, 5.41) is 6.03. The lowest BCUT2D eigenvalue weighted by atomic mass is 10.1. The van der Waals surface area contributed by atoms with Gasteiger partial charge in [-0.15, -0.1) is 0 Å². The van der Waals surface area contributed by atoms with E-state index in [1.54, 1.807) is 31.2 Å². The SMILES string of the molecule is Cc1nc(NCCc2ccccc2)cc(C(=O)NCCc2ccccc2F)n1. The molecule has 144 valence electrons. The Morgan fingerprint density at radius 1 is 0.964 bits per heavy atom. The summed E-state index contributed by atoms with van der Waals surface area (Å²) in [6.45, 7) is 2.78. The van der Waals surface area contributed by atoms with Gasteiger partial charge < -0.3 is 10.6 Å². The Bertz CT molecular complexity index is 931. The zero-order valence-corrected chi connectivity index (χ0v) is 15.8. The summed E-state index contributed by atoms with van der Waals surface area (Å²) in [5.74, 6) is 0.569. The number of nitrogens with one attached hydrogen (secondary N) is 2. The lowest BCUT2D eigenvalue weighted by Gasteiger charge is -2.09. The highest BCUT2D eigenvalue weighted by molar-refractivity contribution is 5.92. The molecule has 1 aromatic heterocycles. The number of anilines is 1. The third-order valence-electron chi connectivity index (χ3n) is 4.27. The molecule has 0 unspecified atom stereocenters. The first-order valence-electron chi connectivity index (χ1n) is 9.27. The van der Waals surface area contributed by atoms with E-state index >= 15 is 0 Å². The van der Waals surface area contributed by atoms with Gasteiger partial charge in [0.05, 0.1) is 0 Å². The molecule has 1 heterocycles. The maximum atomic E-state index is 13.6. The second-order valence-corrected chi connectivity index (χ2v) is 6.45. The van der Waals surface area contributed by atoms with Gasteiger partial charge in [-0.1, -0.05) is 48.5 Å². The molecular formula is C22H23FN4O. The van der Waals surface area contributed by atoms with Crippen molar-refractivity contribution in [2.45, 2.75) is 19.8 Å². The van der Waals surface area contributed by atoms with Gasteiger partial charge in [-0.2, -0.15) is 0 Å². The van der Waals surface area contributed by atoms with Crippen LogP contribution in [0.1, 0.15) is 27.4 Å². The second kappa shape index (κ2) is 9.60. The largest absolute Gasteiger partial charge is 0.370 e. The minimum atomic E-state index is -0.298. The van der Waals surface area contributed by atoms with E-state index in [1.807, 2.05) is 18.2 Å². The van der Waals surface area contributed by atoms with Crippen molar-refractivity contribution in [2.75, 3.05) is 18.4 Å². The maximum absolute atomic E-state index is 13.6. The third kappa shape index (κ3) is 5.61. The molecule has 0 saturated heterocycles. The monoisotopic (exact) mass is 378 g/mol. The van der Waals surface area contributed by atoms with Crippen molar-refractivity contribution in [3.8, 4) is 0 Å². The third-order valence-corrected chi connectivity index (χ3v) is 4.27. The van der Waals surface area contributed by atoms with Crippen molar-refractivity contribution in [1.29, 1.82) is 0 Å². The Balaban J connectivity index is 1.54.